The molecule has 2 aliphatic heterocycles. The SMILES string of the molecule is N#Cc1ccc(N2CCC3=C(C2)NCN=C3Nc2ccc(N)cn2)cc1C(F)(F)F. The highest BCUT2D eigenvalue weighted by molar-refractivity contribution is 6.08. The average molecular weight is 413 g/mol. The van der Waals surface area contributed by atoms with E-state index in [1.807, 2.05) is 4.90 Å². The Labute approximate surface area is 170 Å². The second-order valence-corrected chi connectivity index (χ2v) is 6.91. The summed E-state index contributed by atoms with van der Waals surface area (Å²) in [4.78, 5) is 10.5. The number of benzene rings is 1. The number of nitrogens with one attached hydrogen (secondary N) is 2. The third kappa shape index (κ3) is 3.87. The number of hydrogen-bond acceptors (Lipinski definition) is 7. The molecule has 2 aliphatic rings. The summed E-state index contributed by atoms with van der Waals surface area (Å²) in [7, 11) is 0. The number of pyridine rings is 1. The Morgan fingerprint density at radius 1 is 1.23 bits per heavy atom. The summed E-state index contributed by atoms with van der Waals surface area (Å²) in [5.41, 5.74) is 7.21. The summed E-state index contributed by atoms with van der Waals surface area (Å²) in [5.74, 6) is 1.30. The molecule has 0 saturated heterocycles. The van der Waals surface area contributed by atoms with Crippen LogP contribution in [0, 0.1) is 11.3 Å². The Hall–Kier alpha value is -3.74. The van der Waals surface area contributed by atoms with Gasteiger partial charge < -0.3 is 21.3 Å². The van der Waals surface area contributed by atoms with Crippen LogP contribution in [-0.4, -0.2) is 30.6 Å². The highest BCUT2D eigenvalue weighted by Gasteiger charge is 2.35. The number of alkyl halides is 3. The number of halogens is 3. The third-order valence-electron chi connectivity index (χ3n) is 4.99. The summed E-state index contributed by atoms with van der Waals surface area (Å²) in [5, 5.41) is 15.4. The van der Waals surface area contributed by atoms with Crippen LogP contribution in [0.1, 0.15) is 17.5 Å². The number of nitriles is 1. The maximum absolute atomic E-state index is 13.3. The van der Waals surface area contributed by atoms with E-state index in [1.54, 1.807) is 30.5 Å². The number of nitrogens with zero attached hydrogens (tertiary/aromatic N) is 4. The molecule has 0 saturated carbocycles. The van der Waals surface area contributed by atoms with E-state index in [1.165, 1.54) is 6.07 Å². The molecule has 4 N–H and O–H groups in total. The van der Waals surface area contributed by atoms with E-state index in [0.29, 0.717) is 49.2 Å². The maximum Gasteiger partial charge on any atom is 0.417 e. The van der Waals surface area contributed by atoms with Gasteiger partial charge in [0.25, 0.3) is 0 Å². The fraction of sp³-hybridized carbons (Fsp3) is 0.250. The molecule has 30 heavy (non-hydrogen) atoms. The predicted molar refractivity (Wildman–Crippen MR) is 108 cm³/mol. The van der Waals surface area contributed by atoms with Gasteiger partial charge in [-0.3, -0.25) is 0 Å². The summed E-state index contributed by atoms with van der Waals surface area (Å²) >= 11 is 0. The third-order valence-corrected chi connectivity index (χ3v) is 4.99. The van der Waals surface area contributed by atoms with Crippen molar-refractivity contribution in [2.75, 3.05) is 35.7 Å². The lowest BCUT2D eigenvalue weighted by molar-refractivity contribution is -0.137. The van der Waals surface area contributed by atoms with Gasteiger partial charge in [-0.15, -0.1) is 0 Å². The molecule has 0 amide bonds. The van der Waals surface area contributed by atoms with Crippen LogP contribution in [0.5, 0.6) is 0 Å². The molecule has 154 valence electrons. The summed E-state index contributed by atoms with van der Waals surface area (Å²) < 4.78 is 39.9. The lowest BCUT2D eigenvalue weighted by Crippen LogP contribution is -2.41. The average Bonchev–Trinajstić information content (AvgIpc) is 2.74. The molecule has 4 rings (SSSR count). The topological polar surface area (TPSA) is 102 Å². The molecule has 0 radical (unpaired) electrons. The second kappa shape index (κ2) is 7.59. The van der Waals surface area contributed by atoms with Gasteiger partial charge in [0.2, 0.25) is 0 Å². The highest BCUT2D eigenvalue weighted by atomic mass is 19.4. The molecule has 2 aromatic rings. The number of amidine groups is 1. The first-order chi connectivity index (χ1) is 14.3. The summed E-state index contributed by atoms with van der Waals surface area (Å²) in [6.45, 7) is 1.28. The molecule has 0 bridgehead atoms. The zero-order valence-corrected chi connectivity index (χ0v) is 15.8. The van der Waals surface area contributed by atoms with E-state index in [0.717, 1.165) is 17.3 Å². The largest absolute Gasteiger partial charge is 0.417 e. The Morgan fingerprint density at radius 2 is 2.07 bits per heavy atom. The molecule has 0 atom stereocenters. The number of aliphatic imine (C=N–C) groups is 1. The number of nitrogen functional groups attached to an aromatic ring is 1. The fourth-order valence-corrected chi connectivity index (χ4v) is 3.49. The van der Waals surface area contributed by atoms with Crippen molar-refractivity contribution in [3.8, 4) is 6.07 Å². The van der Waals surface area contributed by atoms with Crippen LogP contribution in [0.2, 0.25) is 0 Å². The fourth-order valence-electron chi connectivity index (χ4n) is 3.49. The van der Waals surface area contributed by atoms with Gasteiger partial charge in [-0.2, -0.15) is 18.4 Å². The van der Waals surface area contributed by atoms with Crippen LogP contribution in [0.25, 0.3) is 0 Å². The predicted octanol–water partition coefficient (Wildman–Crippen LogP) is 3.09. The molecule has 0 spiro atoms. The zero-order chi connectivity index (χ0) is 21.3. The molecular weight excluding hydrogens is 395 g/mol. The minimum atomic E-state index is -4.58. The molecule has 7 nitrogen and oxygen atoms in total. The molecular formula is C20H18F3N7. The van der Waals surface area contributed by atoms with Gasteiger partial charge in [0, 0.05) is 23.5 Å². The first kappa shape index (κ1) is 19.6. The van der Waals surface area contributed by atoms with E-state index in [-0.39, 0.29) is 5.56 Å². The maximum atomic E-state index is 13.3. The van der Waals surface area contributed by atoms with Crippen molar-refractivity contribution in [3.63, 3.8) is 0 Å². The molecule has 0 fully saturated rings. The Morgan fingerprint density at radius 3 is 2.77 bits per heavy atom. The van der Waals surface area contributed by atoms with Crippen LogP contribution in [0.15, 0.2) is 52.8 Å². The van der Waals surface area contributed by atoms with Gasteiger partial charge in [0.15, 0.2) is 0 Å². The van der Waals surface area contributed by atoms with Crippen LogP contribution >= 0.6 is 0 Å². The van der Waals surface area contributed by atoms with E-state index in [4.69, 9.17) is 11.0 Å². The van der Waals surface area contributed by atoms with E-state index in [2.05, 4.69) is 20.6 Å². The van der Waals surface area contributed by atoms with E-state index in [9.17, 15) is 13.2 Å². The normalized spacial score (nSPS) is 16.3. The summed E-state index contributed by atoms with van der Waals surface area (Å²) in [6.07, 6.45) is -2.45. The molecule has 1 aromatic carbocycles. The lowest BCUT2D eigenvalue weighted by Gasteiger charge is -2.35. The minimum Gasteiger partial charge on any atom is -0.397 e. The number of hydrogen-bond donors (Lipinski definition) is 3. The van der Waals surface area contributed by atoms with E-state index < -0.39 is 11.7 Å². The second-order valence-electron chi connectivity index (χ2n) is 6.91. The Bertz CT molecular complexity index is 1070. The van der Waals surface area contributed by atoms with Crippen LogP contribution in [-0.2, 0) is 6.18 Å². The van der Waals surface area contributed by atoms with Gasteiger partial charge in [-0.1, -0.05) is 0 Å². The number of anilines is 3. The number of aromatic nitrogens is 1. The van der Waals surface area contributed by atoms with Crippen molar-refractivity contribution in [3.05, 3.63) is 58.9 Å². The first-order valence-electron chi connectivity index (χ1n) is 9.20. The van der Waals surface area contributed by atoms with Gasteiger partial charge >= 0.3 is 6.18 Å². The number of nitrogens with two attached hydrogens (primary N) is 1. The zero-order valence-electron chi connectivity index (χ0n) is 15.8. The number of rotatable bonds is 2. The standard InChI is InChI=1S/C20H18F3N7/c21-20(22,23)16-7-14(3-1-12(16)8-24)30-6-5-15-17(10-30)27-11-28-19(15)29-18-4-2-13(25)9-26-18/h1-4,7,9,27H,5-6,10-11,25H2,(H,26,28,29). The quantitative estimate of drug-likeness (QED) is 0.699. The molecule has 3 heterocycles. The van der Waals surface area contributed by atoms with Crippen LogP contribution in [0.3, 0.4) is 0 Å². The van der Waals surface area contributed by atoms with Crippen molar-refractivity contribution < 1.29 is 13.2 Å². The van der Waals surface area contributed by atoms with Crippen molar-refractivity contribution in [2.24, 2.45) is 4.99 Å². The van der Waals surface area contributed by atoms with Crippen molar-refractivity contribution in [1.29, 1.82) is 5.26 Å². The van der Waals surface area contributed by atoms with Crippen molar-refractivity contribution in [1.82, 2.24) is 10.3 Å². The Balaban J connectivity index is 1.56. The molecule has 0 aliphatic carbocycles. The lowest BCUT2D eigenvalue weighted by atomic mass is 10.0. The molecule has 0 unspecified atom stereocenters. The highest BCUT2D eigenvalue weighted by Crippen LogP contribution is 2.35. The van der Waals surface area contributed by atoms with Crippen molar-refractivity contribution in [2.45, 2.75) is 12.6 Å². The first-order valence-corrected chi connectivity index (χ1v) is 9.20. The van der Waals surface area contributed by atoms with Gasteiger partial charge in [-0.05, 0) is 36.8 Å². The van der Waals surface area contributed by atoms with Crippen LogP contribution in [0.4, 0.5) is 30.4 Å². The molecule has 1 aromatic heterocycles. The monoisotopic (exact) mass is 413 g/mol. The van der Waals surface area contributed by atoms with E-state index >= 15 is 0 Å². The minimum absolute atomic E-state index is 0.352. The van der Waals surface area contributed by atoms with Gasteiger partial charge in [-0.25, -0.2) is 9.98 Å². The van der Waals surface area contributed by atoms with Crippen LogP contribution < -0.4 is 21.3 Å². The smallest absolute Gasteiger partial charge is 0.397 e. The van der Waals surface area contributed by atoms with Gasteiger partial charge in [0.1, 0.15) is 18.3 Å². The summed E-state index contributed by atoms with van der Waals surface area (Å²) in [6, 6.07) is 8.91. The van der Waals surface area contributed by atoms with Crippen molar-refractivity contribution >= 4 is 23.0 Å². The van der Waals surface area contributed by atoms with Gasteiger partial charge in [0.05, 0.1) is 35.6 Å². The Kier molecular flexibility index (Phi) is 4.95. The molecule has 10 heteroatoms.